The molecule has 0 aliphatic rings. The Morgan fingerprint density at radius 2 is 2.12 bits per heavy atom. The van der Waals surface area contributed by atoms with Gasteiger partial charge in [-0.05, 0) is 45.9 Å². The summed E-state index contributed by atoms with van der Waals surface area (Å²) in [6.07, 6.45) is 0.845. The van der Waals surface area contributed by atoms with Crippen molar-refractivity contribution in [3.05, 3.63) is 29.3 Å². The summed E-state index contributed by atoms with van der Waals surface area (Å²) in [6.45, 7) is 6.18. The maximum atomic E-state index is 9.06. The SMILES string of the molecule is CNC(C)(C#N)CCSc1cc(C)ccc1C. The smallest absolute Gasteiger partial charge is 0.104 e. The number of hydrogen-bond donors (Lipinski definition) is 1. The summed E-state index contributed by atoms with van der Waals surface area (Å²) in [5, 5.41) is 12.1. The first-order valence-corrected chi connectivity index (χ1v) is 6.79. The fourth-order valence-corrected chi connectivity index (χ4v) is 2.76. The van der Waals surface area contributed by atoms with Crippen molar-refractivity contribution in [1.29, 1.82) is 5.26 Å². The average molecular weight is 248 g/mol. The van der Waals surface area contributed by atoms with Gasteiger partial charge in [-0.1, -0.05) is 17.7 Å². The molecule has 0 aliphatic heterocycles. The van der Waals surface area contributed by atoms with Crippen molar-refractivity contribution in [2.75, 3.05) is 12.8 Å². The van der Waals surface area contributed by atoms with Crippen LogP contribution in [-0.4, -0.2) is 18.3 Å². The van der Waals surface area contributed by atoms with E-state index < -0.39 is 5.54 Å². The Morgan fingerprint density at radius 3 is 2.71 bits per heavy atom. The quantitative estimate of drug-likeness (QED) is 0.812. The highest BCUT2D eigenvalue weighted by Gasteiger charge is 2.20. The van der Waals surface area contributed by atoms with Crippen LogP contribution in [0.1, 0.15) is 24.5 Å². The Morgan fingerprint density at radius 1 is 1.41 bits per heavy atom. The van der Waals surface area contributed by atoms with E-state index in [-0.39, 0.29) is 0 Å². The standard InChI is InChI=1S/C14H20N2S/c1-11-5-6-12(2)13(9-11)17-8-7-14(3,10-15)16-4/h5-6,9,16H,7-8H2,1-4H3. The van der Waals surface area contributed by atoms with E-state index in [1.165, 1.54) is 16.0 Å². The van der Waals surface area contributed by atoms with Crippen LogP contribution in [0.15, 0.2) is 23.1 Å². The van der Waals surface area contributed by atoms with Gasteiger partial charge in [0.2, 0.25) is 0 Å². The third-order valence-electron chi connectivity index (χ3n) is 3.00. The molecule has 0 heterocycles. The molecule has 0 saturated heterocycles. The molecule has 0 amide bonds. The van der Waals surface area contributed by atoms with Crippen molar-refractivity contribution in [2.45, 2.75) is 37.6 Å². The first-order valence-electron chi connectivity index (χ1n) is 5.81. The molecule has 1 atom stereocenters. The number of hydrogen-bond acceptors (Lipinski definition) is 3. The molecule has 0 spiro atoms. The largest absolute Gasteiger partial charge is 0.303 e. The van der Waals surface area contributed by atoms with Crippen LogP contribution in [0, 0.1) is 25.2 Å². The molecule has 2 nitrogen and oxygen atoms in total. The zero-order valence-corrected chi connectivity index (χ0v) is 11.8. The molecule has 1 unspecified atom stereocenters. The normalized spacial score (nSPS) is 14.1. The second-order valence-electron chi connectivity index (χ2n) is 4.56. The highest BCUT2D eigenvalue weighted by Crippen LogP contribution is 2.25. The number of nitriles is 1. The molecule has 0 aromatic heterocycles. The molecule has 0 bridgehead atoms. The van der Waals surface area contributed by atoms with Gasteiger partial charge in [0, 0.05) is 10.6 Å². The predicted molar refractivity (Wildman–Crippen MR) is 74.3 cm³/mol. The first-order chi connectivity index (χ1) is 8.00. The van der Waals surface area contributed by atoms with E-state index in [1.807, 2.05) is 25.7 Å². The monoisotopic (exact) mass is 248 g/mol. The van der Waals surface area contributed by atoms with E-state index in [0.717, 1.165) is 12.2 Å². The lowest BCUT2D eigenvalue weighted by atomic mass is 10.0. The molecule has 1 N–H and O–H groups in total. The van der Waals surface area contributed by atoms with Crippen LogP contribution in [0.25, 0.3) is 0 Å². The first kappa shape index (κ1) is 14.1. The van der Waals surface area contributed by atoms with E-state index in [4.69, 9.17) is 5.26 Å². The maximum absolute atomic E-state index is 9.06. The van der Waals surface area contributed by atoms with E-state index in [1.54, 1.807) is 0 Å². The van der Waals surface area contributed by atoms with Crippen LogP contribution in [0.5, 0.6) is 0 Å². The van der Waals surface area contributed by atoms with Crippen molar-refractivity contribution in [2.24, 2.45) is 0 Å². The minimum atomic E-state index is -0.412. The molecule has 0 aliphatic carbocycles. The van der Waals surface area contributed by atoms with Crippen LogP contribution in [0.2, 0.25) is 0 Å². The third-order valence-corrected chi connectivity index (χ3v) is 4.16. The lowest BCUT2D eigenvalue weighted by molar-refractivity contribution is 0.479. The van der Waals surface area contributed by atoms with Crippen LogP contribution in [0.3, 0.4) is 0 Å². The number of nitrogens with zero attached hydrogens (tertiary/aromatic N) is 1. The van der Waals surface area contributed by atoms with E-state index in [2.05, 4.69) is 43.4 Å². The van der Waals surface area contributed by atoms with Gasteiger partial charge in [0.1, 0.15) is 5.54 Å². The van der Waals surface area contributed by atoms with Gasteiger partial charge < -0.3 is 5.32 Å². The van der Waals surface area contributed by atoms with Gasteiger partial charge in [0.15, 0.2) is 0 Å². The fraction of sp³-hybridized carbons (Fsp3) is 0.500. The summed E-state index contributed by atoms with van der Waals surface area (Å²) >= 11 is 1.83. The summed E-state index contributed by atoms with van der Waals surface area (Å²) in [4.78, 5) is 1.32. The molecule has 0 fully saturated rings. The minimum absolute atomic E-state index is 0.412. The molecule has 3 heteroatoms. The number of benzene rings is 1. The van der Waals surface area contributed by atoms with E-state index in [0.29, 0.717) is 0 Å². The lowest BCUT2D eigenvalue weighted by Gasteiger charge is -2.20. The maximum Gasteiger partial charge on any atom is 0.104 e. The topological polar surface area (TPSA) is 35.8 Å². The summed E-state index contributed by atoms with van der Waals surface area (Å²) in [5.41, 5.74) is 2.18. The van der Waals surface area contributed by atoms with Crippen molar-refractivity contribution in [1.82, 2.24) is 5.32 Å². The minimum Gasteiger partial charge on any atom is -0.303 e. The van der Waals surface area contributed by atoms with Gasteiger partial charge in [-0.3, -0.25) is 0 Å². The Bertz CT molecular complexity index is 423. The number of rotatable bonds is 5. The third kappa shape index (κ3) is 4.07. The van der Waals surface area contributed by atoms with Crippen molar-refractivity contribution in [3.8, 4) is 6.07 Å². The molecule has 1 aromatic rings. The van der Waals surface area contributed by atoms with Gasteiger partial charge in [-0.2, -0.15) is 5.26 Å². The Kier molecular flexibility index (Phi) is 5.04. The molecule has 0 radical (unpaired) electrons. The van der Waals surface area contributed by atoms with Gasteiger partial charge in [0.05, 0.1) is 6.07 Å². The Balaban J connectivity index is 2.57. The highest BCUT2D eigenvalue weighted by atomic mass is 32.2. The van der Waals surface area contributed by atoms with E-state index >= 15 is 0 Å². The molecular weight excluding hydrogens is 228 g/mol. The Labute approximate surface area is 108 Å². The highest BCUT2D eigenvalue weighted by molar-refractivity contribution is 7.99. The molecule has 92 valence electrons. The van der Waals surface area contributed by atoms with Crippen molar-refractivity contribution < 1.29 is 0 Å². The summed E-state index contributed by atoms with van der Waals surface area (Å²) in [7, 11) is 1.84. The summed E-state index contributed by atoms with van der Waals surface area (Å²) < 4.78 is 0. The summed E-state index contributed by atoms with van der Waals surface area (Å²) in [5.74, 6) is 0.954. The van der Waals surface area contributed by atoms with Crippen LogP contribution in [0.4, 0.5) is 0 Å². The molecule has 17 heavy (non-hydrogen) atoms. The van der Waals surface area contributed by atoms with Crippen LogP contribution < -0.4 is 5.32 Å². The van der Waals surface area contributed by atoms with E-state index in [9.17, 15) is 0 Å². The average Bonchev–Trinajstić information content (AvgIpc) is 2.33. The van der Waals surface area contributed by atoms with Gasteiger partial charge in [-0.25, -0.2) is 0 Å². The fourth-order valence-electron chi connectivity index (χ4n) is 1.46. The van der Waals surface area contributed by atoms with Crippen LogP contribution in [-0.2, 0) is 0 Å². The molecule has 1 aromatic carbocycles. The van der Waals surface area contributed by atoms with Gasteiger partial charge in [-0.15, -0.1) is 11.8 Å². The zero-order chi connectivity index (χ0) is 12.9. The number of thioether (sulfide) groups is 1. The number of nitrogens with one attached hydrogen (secondary N) is 1. The second-order valence-corrected chi connectivity index (χ2v) is 5.70. The lowest BCUT2D eigenvalue weighted by Crippen LogP contribution is -2.38. The second kappa shape index (κ2) is 6.09. The van der Waals surface area contributed by atoms with Gasteiger partial charge >= 0.3 is 0 Å². The predicted octanol–water partition coefficient (Wildman–Crippen LogP) is 3.29. The van der Waals surface area contributed by atoms with Gasteiger partial charge in [0.25, 0.3) is 0 Å². The molecule has 1 rings (SSSR count). The zero-order valence-electron chi connectivity index (χ0n) is 11.0. The molecule has 0 saturated carbocycles. The van der Waals surface area contributed by atoms with Crippen molar-refractivity contribution in [3.63, 3.8) is 0 Å². The van der Waals surface area contributed by atoms with Crippen molar-refractivity contribution >= 4 is 11.8 Å². The Hall–Kier alpha value is -0.980. The molecular formula is C14H20N2S. The van der Waals surface area contributed by atoms with Crippen LogP contribution >= 0.6 is 11.8 Å². The summed E-state index contributed by atoms with van der Waals surface area (Å²) in [6, 6.07) is 8.81. The number of aryl methyl sites for hydroxylation is 2.